The smallest absolute Gasteiger partial charge is 0.149 e. The molecule has 2 heterocycles. The number of pyridine rings is 2. The third kappa shape index (κ3) is 3.95. The van der Waals surface area contributed by atoms with E-state index in [0.717, 1.165) is 34.8 Å². The van der Waals surface area contributed by atoms with Crippen molar-refractivity contribution in [2.24, 2.45) is 0 Å². The highest BCUT2D eigenvalue weighted by Gasteiger charge is 2.11. The fourth-order valence-electron chi connectivity index (χ4n) is 2.33. The molecule has 0 fully saturated rings. The number of ether oxygens (including phenoxy) is 1. The third-order valence-electron chi connectivity index (χ3n) is 3.42. The molecule has 0 aromatic carbocycles. The van der Waals surface area contributed by atoms with Gasteiger partial charge in [0.05, 0.1) is 18.0 Å². The lowest BCUT2D eigenvalue weighted by Gasteiger charge is -2.14. The van der Waals surface area contributed by atoms with Gasteiger partial charge in [0.2, 0.25) is 0 Å². The van der Waals surface area contributed by atoms with Gasteiger partial charge in [0.15, 0.2) is 0 Å². The van der Waals surface area contributed by atoms with Gasteiger partial charge in [-0.25, -0.2) is 4.98 Å². The van der Waals surface area contributed by atoms with Crippen LogP contribution in [0.15, 0.2) is 24.4 Å². The van der Waals surface area contributed by atoms with Crippen LogP contribution in [0.5, 0.6) is 0 Å². The highest BCUT2D eigenvalue weighted by Crippen LogP contribution is 2.29. The predicted octanol–water partition coefficient (Wildman–Crippen LogP) is 3.05. The topological polar surface area (TPSA) is 73.1 Å². The van der Waals surface area contributed by atoms with Gasteiger partial charge in [-0.2, -0.15) is 0 Å². The van der Waals surface area contributed by atoms with Crippen molar-refractivity contribution >= 4 is 11.5 Å². The van der Waals surface area contributed by atoms with Crippen molar-refractivity contribution in [3.05, 3.63) is 35.8 Å². The van der Waals surface area contributed by atoms with Crippen molar-refractivity contribution in [1.82, 2.24) is 9.97 Å². The number of rotatable bonds is 7. The quantitative estimate of drug-likeness (QED) is 0.769. The van der Waals surface area contributed by atoms with E-state index < -0.39 is 0 Å². The van der Waals surface area contributed by atoms with Crippen LogP contribution in [0.25, 0.3) is 11.1 Å². The van der Waals surface area contributed by atoms with Gasteiger partial charge >= 0.3 is 0 Å². The molecule has 0 aliphatic carbocycles. The molecule has 0 saturated heterocycles. The number of aryl methyl sites for hydroxylation is 2. The molecule has 0 aliphatic heterocycles. The number of nitrogens with one attached hydrogen (secondary N) is 1. The lowest BCUT2D eigenvalue weighted by Crippen LogP contribution is -2.13. The van der Waals surface area contributed by atoms with E-state index in [1.54, 1.807) is 0 Å². The summed E-state index contributed by atoms with van der Waals surface area (Å²) in [6, 6.07) is 6.03. The molecule has 3 N–H and O–H groups in total. The maximum Gasteiger partial charge on any atom is 0.149 e. The second-order valence-corrected chi connectivity index (χ2v) is 5.08. The van der Waals surface area contributed by atoms with Gasteiger partial charge < -0.3 is 15.8 Å². The molecule has 2 rings (SSSR count). The van der Waals surface area contributed by atoms with E-state index in [1.165, 1.54) is 0 Å². The van der Waals surface area contributed by atoms with Crippen molar-refractivity contribution < 1.29 is 4.74 Å². The van der Waals surface area contributed by atoms with Gasteiger partial charge in [-0.1, -0.05) is 6.92 Å². The van der Waals surface area contributed by atoms with E-state index in [0.29, 0.717) is 25.4 Å². The summed E-state index contributed by atoms with van der Waals surface area (Å²) in [7, 11) is 0. The molecular weight excluding hydrogens is 276 g/mol. The van der Waals surface area contributed by atoms with Crippen LogP contribution >= 0.6 is 0 Å². The molecule has 0 amide bonds. The second kappa shape index (κ2) is 7.75. The average Bonchev–Trinajstić information content (AvgIpc) is 2.52. The largest absolute Gasteiger partial charge is 0.396 e. The molecule has 0 aliphatic rings. The zero-order valence-corrected chi connectivity index (χ0v) is 13.5. The molecule has 0 saturated carbocycles. The maximum atomic E-state index is 6.15. The molecule has 22 heavy (non-hydrogen) atoms. The molecule has 2 aromatic heterocycles. The molecule has 5 nitrogen and oxygen atoms in total. The van der Waals surface area contributed by atoms with Crippen molar-refractivity contribution in [1.29, 1.82) is 0 Å². The number of anilines is 2. The van der Waals surface area contributed by atoms with Crippen LogP contribution < -0.4 is 11.1 Å². The summed E-state index contributed by atoms with van der Waals surface area (Å²) in [5.74, 6) is 0.728. The first-order valence-corrected chi connectivity index (χ1v) is 7.69. The highest BCUT2D eigenvalue weighted by molar-refractivity contribution is 5.75. The van der Waals surface area contributed by atoms with Gasteiger partial charge in [0.25, 0.3) is 0 Å². The molecule has 0 bridgehead atoms. The number of hydrogen-bond donors (Lipinski definition) is 2. The normalized spacial score (nSPS) is 10.7. The maximum absolute atomic E-state index is 6.15. The number of aromatic nitrogens is 2. The highest BCUT2D eigenvalue weighted by atomic mass is 16.5. The van der Waals surface area contributed by atoms with E-state index >= 15 is 0 Å². The number of nitrogen functional groups attached to an aromatic ring is 1. The summed E-state index contributed by atoms with van der Waals surface area (Å²) >= 11 is 0. The summed E-state index contributed by atoms with van der Waals surface area (Å²) in [5.41, 5.74) is 11.0. The minimum atomic E-state index is 0.643. The van der Waals surface area contributed by atoms with Crippen LogP contribution in [0.4, 0.5) is 11.5 Å². The Labute approximate surface area is 131 Å². The van der Waals surface area contributed by atoms with Crippen molar-refractivity contribution in [3.8, 4) is 11.1 Å². The monoisotopic (exact) mass is 300 g/mol. The first kappa shape index (κ1) is 16.2. The van der Waals surface area contributed by atoms with Gasteiger partial charge in [0.1, 0.15) is 5.82 Å². The molecule has 0 radical (unpaired) electrons. The summed E-state index contributed by atoms with van der Waals surface area (Å²) < 4.78 is 5.32. The van der Waals surface area contributed by atoms with Crippen LogP contribution in [0.2, 0.25) is 0 Å². The zero-order chi connectivity index (χ0) is 15.9. The standard InChI is InChI=1S/C17H24N4O/c1-4-16-14(13-6-7-19-12(3)10-13)11-15(18)17(21-16)20-8-9-22-5-2/h6-7,10-11H,4-5,8-9,18H2,1-3H3,(H,20,21). The molecule has 0 unspecified atom stereocenters. The summed E-state index contributed by atoms with van der Waals surface area (Å²) in [6.07, 6.45) is 2.66. The Morgan fingerprint density at radius 1 is 1.27 bits per heavy atom. The molecule has 5 heteroatoms. The second-order valence-electron chi connectivity index (χ2n) is 5.08. The van der Waals surface area contributed by atoms with Gasteiger partial charge in [-0.3, -0.25) is 4.98 Å². The van der Waals surface area contributed by atoms with E-state index in [1.807, 2.05) is 32.2 Å². The van der Waals surface area contributed by atoms with Gasteiger partial charge in [0, 0.05) is 30.6 Å². The Bertz CT molecular complexity index is 628. The van der Waals surface area contributed by atoms with Crippen LogP contribution in [0, 0.1) is 6.92 Å². The van der Waals surface area contributed by atoms with Crippen LogP contribution in [0.3, 0.4) is 0 Å². The predicted molar refractivity (Wildman–Crippen MR) is 91.0 cm³/mol. The first-order chi connectivity index (χ1) is 10.7. The van der Waals surface area contributed by atoms with Crippen LogP contribution in [-0.2, 0) is 11.2 Å². The van der Waals surface area contributed by atoms with E-state index in [4.69, 9.17) is 10.5 Å². The Kier molecular flexibility index (Phi) is 5.72. The Hall–Kier alpha value is -2.14. The first-order valence-electron chi connectivity index (χ1n) is 7.69. The SMILES string of the molecule is CCOCCNc1nc(CC)c(-c2ccnc(C)c2)cc1N. The van der Waals surface area contributed by atoms with Crippen molar-refractivity contribution in [2.75, 3.05) is 30.8 Å². The summed E-state index contributed by atoms with van der Waals surface area (Å²) in [6.45, 7) is 8.11. The van der Waals surface area contributed by atoms with Crippen LogP contribution in [0.1, 0.15) is 25.2 Å². The van der Waals surface area contributed by atoms with Gasteiger partial charge in [-0.05, 0) is 44.0 Å². The molecular formula is C17H24N4O. The minimum Gasteiger partial charge on any atom is -0.396 e. The van der Waals surface area contributed by atoms with Crippen molar-refractivity contribution in [3.63, 3.8) is 0 Å². The lowest BCUT2D eigenvalue weighted by atomic mass is 10.0. The minimum absolute atomic E-state index is 0.643. The Balaban J connectivity index is 2.27. The van der Waals surface area contributed by atoms with E-state index in [9.17, 15) is 0 Å². The Morgan fingerprint density at radius 2 is 2.09 bits per heavy atom. The van der Waals surface area contributed by atoms with E-state index in [-0.39, 0.29) is 0 Å². The Morgan fingerprint density at radius 3 is 2.77 bits per heavy atom. The van der Waals surface area contributed by atoms with Gasteiger partial charge in [-0.15, -0.1) is 0 Å². The van der Waals surface area contributed by atoms with E-state index in [2.05, 4.69) is 28.3 Å². The fourth-order valence-corrected chi connectivity index (χ4v) is 2.33. The fraction of sp³-hybridized carbons (Fsp3) is 0.412. The third-order valence-corrected chi connectivity index (χ3v) is 3.42. The summed E-state index contributed by atoms with van der Waals surface area (Å²) in [5, 5.41) is 3.24. The average molecular weight is 300 g/mol. The molecule has 0 spiro atoms. The summed E-state index contributed by atoms with van der Waals surface area (Å²) in [4.78, 5) is 8.92. The zero-order valence-electron chi connectivity index (χ0n) is 13.5. The molecule has 0 atom stereocenters. The number of hydrogen-bond acceptors (Lipinski definition) is 5. The number of nitrogens with zero attached hydrogens (tertiary/aromatic N) is 2. The number of nitrogens with two attached hydrogens (primary N) is 1. The van der Waals surface area contributed by atoms with Crippen molar-refractivity contribution in [2.45, 2.75) is 27.2 Å². The molecule has 118 valence electrons. The van der Waals surface area contributed by atoms with Crippen LogP contribution in [-0.4, -0.2) is 29.7 Å². The molecule has 2 aromatic rings. The lowest BCUT2D eigenvalue weighted by molar-refractivity contribution is 0.158.